The summed E-state index contributed by atoms with van der Waals surface area (Å²) in [7, 11) is 0. The standard InChI is InChI=1S/C16H19FN4O3/c1-2-14-18-16(20-19-14)13-9-21(6-7-23-13)15(22)10-24-12-5-3-4-11(17)8-12/h3-5,8,13H,2,6-7,9-10H2,1H3,(H,18,19,20). The van der Waals surface area contributed by atoms with Gasteiger partial charge >= 0.3 is 0 Å². The monoisotopic (exact) mass is 334 g/mol. The molecule has 0 radical (unpaired) electrons. The van der Waals surface area contributed by atoms with Crippen LogP contribution in [0.15, 0.2) is 24.3 Å². The van der Waals surface area contributed by atoms with Crippen molar-refractivity contribution in [2.45, 2.75) is 19.4 Å². The molecule has 1 aliphatic rings. The van der Waals surface area contributed by atoms with E-state index in [-0.39, 0.29) is 18.6 Å². The van der Waals surface area contributed by atoms with Crippen LogP contribution in [0.5, 0.6) is 5.75 Å². The van der Waals surface area contributed by atoms with Crippen molar-refractivity contribution >= 4 is 5.91 Å². The number of aromatic nitrogens is 3. The van der Waals surface area contributed by atoms with Crippen molar-refractivity contribution in [3.8, 4) is 5.75 Å². The highest BCUT2D eigenvalue weighted by molar-refractivity contribution is 5.77. The lowest BCUT2D eigenvalue weighted by molar-refractivity contribution is -0.141. The van der Waals surface area contributed by atoms with Crippen molar-refractivity contribution < 1.29 is 18.7 Å². The Balaban J connectivity index is 1.56. The fraction of sp³-hybridized carbons (Fsp3) is 0.438. The number of aromatic amines is 1. The normalized spacial score (nSPS) is 17.8. The topological polar surface area (TPSA) is 80.3 Å². The maximum atomic E-state index is 13.1. The van der Waals surface area contributed by atoms with Gasteiger partial charge in [0.1, 0.15) is 23.5 Å². The third-order valence-electron chi connectivity index (χ3n) is 3.75. The predicted octanol–water partition coefficient (Wildman–Crippen LogP) is 1.49. The number of ether oxygens (including phenoxy) is 2. The number of hydrogen-bond acceptors (Lipinski definition) is 5. The van der Waals surface area contributed by atoms with E-state index in [1.165, 1.54) is 18.2 Å². The minimum atomic E-state index is -0.400. The smallest absolute Gasteiger partial charge is 0.260 e. The van der Waals surface area contributed by atoms with Crippen LogP contribution in [0.1, 0.15) is 24.7 Å². The summed E-state index contributed by atoms with van der Waals surface area (Å²) in [5.74, 6) is 1.08. The molecule has 2 aromatic rings. The molecule has 1 fully saturated rings. The van der Waals surface area contributed by atoms with Gasteiger partial charge in [0.25, 0.3) is 5.91 Å². The molecule has 1 amide bonds. The highest BCUT2D eigenvalue weighted by Gasteiger charge is 2.28. The van der Waals surface area contributed by atoms with E-state index in [0.717, 1.165) is 12.2 Å². The van der Waals surface area contributed by atoms with E-state index in [0.29, 0.717) is 31.3 Å². The molecule has 0 aliphatic carbocycles. The zero-order valence-corrected chi connectivity index (χ0v) is 13.4. The van der Waals surface area contributed by atoms with Crippen LogP contribution in [0, 0.1) is 5.82 Å². The second kappa shape index (κ2) is 7.39. The van der Waals surface area contributed by atoms with Crippen LogP contribution in [0.2, 0.25) is 0 Å². The Morgan fingerprint density at radius 3 is 3.17 bits per heavy atom. The maximum absolute atomic E-state index is 13.1. The summed E-state index contributed by atoms with van der Waals surface area (Å²) < 4.78 is 24.1. The zero-order valence-electron chi connectivity index (χ0n) is 13.4. The van der Waals surface area contributed by atoms with Crippen LogP contribution >= 0.6 is 0 Å². The largest absolute Gasteiger partial charge is 0.484 e. The van der Waals surface area contributed by atoms with Gasteiger partial charge in [-0.05, 0) is 12.1 Å². The lowest BCUT2D eigenvalue weighted by Gasteiger charge is -2.31. The summed E-state index contributed by atoms with van der Waals surface area (Å²) in [5.41, 5.74) is 0. The molecule has 0 bridgehead atoms. The number of carbonyl (C=O) groups is 1. The minimum Gasteiger partial charge on any atom is -0.484 e. The highest BCUT2D eigenvalue weighted by Crippen LogP contribution is 2.19. The average molecular weight is 334 g/mol. The zero-order chi connectivity index (χ0) is 16.9. The SMILES string of the molecule is CCc1nc(C2CN(C(=O)COc3cccc(F)c3)CCO2)n[nH]1. The third kappa shape index (κ3) is 3.88. The van der Waals surface area contributed by atoms with Crippen molar-refractivity contribution in [2.24, 2.45) is 0 Å². The van der Waals surface area contributed by atoms with Crippen LogP contribution < -0.4 is 4.74 Å². The van der Waals surface area contributed by atoms with Gasteiger partial charge in [0.05, 0.1) is 13.2 Å². The number of morpholine rings is 1. The fourth-order valence-corrected chi connectivity index (χ4v) is 2.44. The molecule has 1 aliphatic heterocycles. The van der Waals surface area contributed by atoms with Crippen LogP contribution in [0.3, 0.4) is 0 Å². The first-order valence-electron chi connectivity index (χ1n) is 7.84. The summed E-state index contributed by atoms with van der Waals surface area (Å²) in [5, 5.41) is 6.98. The molecule has 1 atom stereocenters. The van der Waals surface area contributed by atoms with E-state index < -0.39 is 5.82 Å². The summed E-state index contributed by atoms with van der Waals surface area (Å²) in [6.07, 6.45) is 0.400. The van der Waals surface area contributed by atoms with Gasteiger partial charge in [0, 0.05) is 19.0 Å². The number of nitrogens with one attached hydrogen (secondary N) is 1. The highest BCUT2D eigenvalue weighted by atomic mass is 19.1. The number of H-pyrrole nitrogens is 1. The van der Waals surface area contributed by atoms with E-state index in [1.807, 2.05) is 6.92 Å². The Hall–Kier alpha value is -2.48. The number of halogens is 1. The summed E-state index contributed by atoms with van der Waals surface area (Å²) in [6.45, 7) is 3.08. The quantitative estimate of drug-likeness (QED) is 0.896. The van der Waals surface area contributed by atoms with E-state index >= 15 is 0 Å². The second-order valence-corrected chi connectivity index (χ2v) is 5.44. The first kappa shape index (κ1) is 16.4. The lowest BCUT2D eigenvalue weighted by atomic mass is 10.2. The Kier molecular flexibility index (Phi) is 5.05. The number of nitrogens with zero attached hydrogens (tertiary/aromatic N) is 3. The van der Waals surface area contributed by atoms with E-state index in [1.54, 1.807) is 11.0 Å². The molecule has 3 rings (SSSR count). The number of benzene rings is 1. The molecule has 24 heavy (non-hydrogen) atoms. The van der Waals surface area contributed by atoms with Gasteiger partial charge in [0.2, 0.25) is 0 Å². The van der Waals surface area contributed by atoms with Crippen LogP contribution in [-0.4, -0.2) is 52.3 Å². The van der Waals surface area contributed by atoms with Crippen LogP contribution in [-0.2, 0) is 16.0 Å². The van der Waals surface area contributed by atoms with Gasteiger partial charge in [-0.15, -0.1) is 0 Å². The second-order valence-electron chi connectivity index (χ2n) is 5.44. The van der Waals surface area contributed by atoms with Gasteiger partial charge in [-0.25, -0.2) is 9.37 Å². The average Bonchev–Trinajstić information content (AvgIpc) is 3.09. The molecule has 1 aromatic heterocycles. The summed E-state index contributed by atoms with van der Waals surface area (Å²) >= 11 is 0. The number of carbonyl (C=O) groups excluding carboxylic acids is 1. The molecule has 2 heterocycles. The lowest BCUT2D eigenvalue weighted by Crippen LogP contribution is -2.44. The van der Waals surface area contributed by atoms with Crippen molar-refractivity contribution in [2.75, 3.05) is 26.3 Å². The van der Waals surface area contributed by atoms with E-state index in [9.17, 15) is 9.18 Å². The molecule has 1 unspecified atom stereocenters. The van der Waals surface area contributed by atoms with Crippen LogP contribution in [0.4, 0.5) is 4.39 Å². The van der Waals surface area contributed by atoms with Gasteiger partial charge in [-0.1, -0.05) is 13.0 Å². The van der Waals surface area contributed by atoms with Gasteiger partial charge < -0.3 is 14.4 Å². The van der Waals surface area contributed by atoms with Gasteiger partial charge in [-0.3, -0.25) is 9.89 Å². The Morgan fingerprint density at radius 1 is 1.54 bits per heavy atom. The van der Waals surface area contributed by atoms with Crippen LogP contribution in [0.25, 0.3) is 0 Å². The van der Waals surface area contributed by atoms with Gasteiger partial charge in [-0.2, -0.15) is 5.10 Å². The van der Waals surface area contributed by atoms with E-state index in [2.05, 4.69) is 15.2 Å². The predicted molar refractivity (Wildman–Crippen MR) is 82.9 cm³/mol. The van der Waals surface area contributed by atoms with Crippen molar-refractivity contribution in [1.29, 1.82) is 0 Å². The molecule has 0 saturated carbocycles. The first-order valence-corrected chi connectivity index (χ1v) is 7.84. The number of hydrogen-bond donors (Lipinski definition) is 1. The van der Waals surface area contributed by atoms with E-state index in [4.69, 9.17) is 9.47 Å². The minimum absolute atomic E-state index is 0.148. The number of rotatable bonds is 5. The Labute approximate surface area is 138 Å². The molecular weight excluding hydrogens is 315 g/mol. The maximum Gasteiger partial charge on any atom is 0.260 e. The van der Waals surface area contributed by atoms with Crippen molar-refractivity contribution in [3.05, 3.63) is 41.7 Å². The number of amides is 1. The molecule has 1 N–H and O–H groups in total. The molecule has 7 nitrogen and oxygen atoms in total. The third-order valence-corrected chi connectivity index (χ3v) is 3.75. The number of aryl methyl sites for hydroxylation is 1. The van der Waals surface area contributed by atoms with Crippen molar-refractivity contribution in [3.63, 3.8) is 0 Å². The molecular formula is C16H19FN4O3. The molecule has 1 aromatic carbocycles. The van der Waals surface area contributed by atoms with Crippen molar-refractivity contribution in [1.82, 2.24) is 20.1 Å². The summed E-state index contributed by atoms with van der Waals surface area (Å²) in [6, 6.07) is 5.71. The molecule has 0 spiro atoms. The molecule has 1 saturated heterocycles. The Bertz CT molecular complexity index is 706. The summed E-state index contributed by atoms with van der Waals surface area (Å²) in [4.78, 5) is 18.3. The molecule has 128 valence electrons. The molecule has 8 heteroatoms. The Morgan fingerprint density at radius 2 is 2.42 bits per heavy atom. The van der Waals surface area contributed by atoms with Gasteiger partial charge in [0.15, 0.2) is 12.4 Å². The first-order chi connectivity index (χ1) is 11.7. The fourth-order valence-electron chi connectivity index (χ4n) is 2.44.